The summed E-state index contributed by atoms with van der Waals surface area (Å²) < 4.78 is 5.52. The van der Waals surface area contributed by atoms with Crippen molar-refractivity contribution >= 4 is 52.7 Å². The molecule has 0 aromatic heterocycles. The van der Waals surface area contributed by atoms with Crippen LogP contribution in [0.3, 0.4) is 0 Å². The molecule has 136 valence electrons. The third-order valence-electron chi connectivity index (χ3n) is 3.83. The van der Waals surface area contributed by atoms with E-state index in [1.165, 1.54) is 5.56 Å². The number of esters is 1. The van der Waals surface area contributed by atoms with Crippen molar-refractivity contribution in [1.82, 2.24) is 0 Å². The number of halogens is 1. The maximum atomic E-state index is 12.1. The van der Waals surface area contributed by atoms with Gasteiger partial charge in [0.05, 0.1) is 10.1 Å². The average Bonchev–Trinajstić information content (AvgIpc) is 3.18. The standard InChI is InChI=1S/C19H18ClNO3S2/c1-12-2-7-15(10-16(12)20)21-17(22)11-24-18(23)13-3-5-14(6-4-13)19-25-8-9-26-19/h2-7,10,19H,8-9,11H2,1H3,(H,21,22). The van der Waals surface area contributed by atoms with Gasteiger partial charge in [-0.1, -0.05) is 29.8 Å². The highest BCUT2D eigenvalue weighted by atomic mass is 35.5. The van der Waals surface area contributed by atoms with Gasteiger partial charge in [0.2, 0.25) is 0 Å². The summed E-state index contributed by atoms with van der Waals surface area (Å²) in [7, 11) is 0. The van der Waals surface area contributed by atoms with Crippen molar-refractivity contribution in [2.24, 2.45) is 0 Å². The Bertz CT molecular complexity index is 805. The van der Waals surface area contributed by atoms with Crippen molar-refractivity contribution < 1.29 is 14.3 Å². The Morgan fingerprint density at radius 1 is 1.15 bits per heavy atom. The molecule has 1 N–H and O–H groups in total. The molecule has 0 aliphatic carbocycles. The molecular weight excluding hydrogens is 390 g/mol. The first-order valence-electron chi connectivity index (χ1n) is 8.09. The lowest BCUT2D eigenvalue weighted by atomic mass is 10.1. The molecule has 3 rings (SSSR count). The summed E-state index contributed by atoms with van der Waals surface area (Å²) in [4.78, 5) is 24.0. The molecule has 1 aliphatic heterocycles. The SMILES string of the molecule is Cc1ccc(NC(=O)COC(=O)c2ccc(C3SCCS3)cc2)cc1Cl. The number of rotatable bonds is 5. The van der Waals surface area contributed by atoms with Gasteiger partial charge in [-0.05, 0) is 42.3 Å². The highest BCUT2D eigenvalue weighted by Crippen LogP contribution is 2.45. The smallest absolute Gasteiger partial charge is 0.338 e. The molecule has 4 nitrogen and oxygen atoms in total. The van der Waals surface area contributed by atoms with Crippen LogP contribution in [0.1, 0.15) is 26.1 Å². The topological polar surface area (TPSA) is 55.4 Å². The lowest BCUT2D eigenvalue weighted by Gasteiger charge is -2.10. The summed E-state index contributed by atoms with van der Waals surface area (Å²) >= 11 is 9.85. The van der Waals surface area contributed by atoms with E-state index >= 15 is 0 Å². The number of carbonyl (C=O) groups excluding carboxylic acids is 2. The second kappa shape index (κ2) is 8.84. The minimum atomic E-state index is -0.514. The van der Waals surface area contributed by atoms with E-state index in [9.17, 15) is 9.59 Å². The number of aryl methyl sites for hydroxylation is 1. The molecule has 1 heterocycles. The Morgan fingerprint density at radius 3 is 2.50 bits per heavy atom. The van der Waals surface area contributed by atoms with Gasteiger partial charge in [0.15, 0.2) is 6.61 Å². The van der Waals surface area contributed by atoms with Crippen LogP contribution in [0.2, 0.25) is 5.02 Å². The zero-order chi connectivity index (χ0) is 18.5. The van der Waals surface area contributed by atoms with Crippen LogP contribution in [-0.4, -0.2) is 30.0 Å². The van der Waals surface area contributed by atoms with Gasteiger partial charge in [-0.3, -0.25) is 4.79 Å². The van der Waals surface area contributed by atoms with Crippen LogP contribution in [0, 0.1) is 6.92 Å². The second-order valence-corrected chi connectivity index (χ2v) is 8.92. The van der Waals surface area contributed by atoms with Crippen LogP contribution in [0.25, 0.3) is 0 Å². The largest absolute Gasteiger partial charge is 0.452 e. The van der Waals surface area contributed by atoms with E-state index in [1.807, 2.05) is 48.6 Å². The number of hydrogen-bond acceptors (Lipinski definition) is 5. The van der Waals surface area contributed by atoms with Crippen LogP contribution in [-0.2, 0) is 9.53 Å². The van der Waals surface area contributed by atoms with Crippen LogP contribution >= 0.6 is 35.1 Å². The van der Waals surface area contributed by atoms with Crippen molar-refractivity contribution in [3.05, 3.63) is 64.2 Å². The van der Waals surface area contributed by atoms with Crippen molar-refractivity contribution in [1.29, 1.82) is 0 Å². The first-order chi connectivity index (χ1) is 12.5. The Balaban J connectivity index is 1.51. The minimum absolute atomic E-state index is 0.347. The lowest BCUT2D eigenvalue weighted by Crippen LogP contribution is -2.21. The van der Waals surface area contributed by atoms with Crippen LogP contribution in [0.4, 0.5) is 5.69 Å². The second-order valence-electron chi connectivity index (χ2n) is 5.78. The van der Waals surface area contributed by atoms with Gasteiger partial charge in [-0.2, -0.15) is 0 Å². The van der Waals surface area contributed by atoms with E-state index in [0.29, 0.717) is 20.9 Å². The lowest BCUT2D eigenvalue weighted by molar-refractivity contribution is -0.119. The fourth-order valence-electron chi connectivity index (χ4n) is 2.41. The maximum absolute atomic E-state index is 12.1. The molecule has 2 aromatic carbocycles. The summed E-state index contributed by atoms with van der Waals surface area (Å²) in [6.45, 7) is 1.53. The number of anilines is 1. The number of ether oxygens (including phenoxy) is 1. The van der Waals surface area contributed by atoms with Gasteiger partial charge in [-0.15, -0.1) is 23.5 Å². The molecule has 0 unspecified atom stereocenters. The van der Waals surface area contributed by atoms with Crippen molar-refractivity contribution in [2.45, 2.75) is 11.5 Å². The molecule has 0 saturated carbocycles. The maximum Gasteiger partial charge on any atom is 0.338 e. The fourth-order valence-corrected chi connectivity index (χ4v) is 5.45. The molecule has 0 radical (unpaired) electrons. The molecular formula is C19H18ClNO3S2. The average molecular weight is 408 g/mol. The zero-order valence-corrected chi connectivity index (χ0v) is 16.5. The van der Waals surface area contributed by atoms with Crippen LogP contribution in [0.15, 0.2) is 42.5 Å². The molecule has 2 aromatic rings. The van der Waals surface area contributed by atoms with Crippen molar-refractivity contribution in [3.8, 4) is 0 Å². The zero-order valence-electron chi connectivity index (χ0n) is 14.2. The third-order valence-corrected chi connectivity index (χ3v) is 7.34. The fraction of sp³-hybridized carbons (Fsp3) is 0.263. The molecule has 26 heavy (non-hydrogen) atoms. The summed E-state index contributed by atoms with van der Waals surface area (Å²) in [5, 5.41) is 3.22. The van der Waals surface area contributed by atoms with Crippen LogP contribution < -0.4 is 5.32 Å². The number of nitrogens with one attached hydrogen (secondary N) is 1. The Kier molecular flexibility index (Phi) is 6.51. The normalized spacial score (nSPS) is 14.2. The number of carbonyl (C=O) groups is 2. The molecule has 0 atom stereocenters. The predicted octanol–water partition coefficient (Wildman–Crippen LogP) is 4.92. The minimum Gasteiger partial charge on any atom is -0.452 e. The molecule has 0 bridgehead atoms. The van der Waals surface area contributed by atoms with Gasteiger partial charge >= 0.3 is 5.97 Å². The van der Waals surface area contributed by atoms with E-state index in [-0.39, 0.29) is 6.61 Å². The third kappa shape index (κ3) is 4.96. The van der Waals surface area contributed by atoms with Gasteiger partial charge in [-0.25, -0.2) is 4.79 Å². The number of hydrogen-bond donors (Lipinski definition) is 1. The quantitative estimate of drug-likeness (QED) is 0.712. The molecule has 0 spiro atoms. The first kappa shape index (κ1) is 19.1. The summed E-state index contributed by atoms with van der Waals surface area (Å²) in [5.41, 5.74) is 3.13. The molecule has 1 aliphatic rings. The van der Waals surface area contributed by atoms with E-state index in [0.717, 1.165) is 17.1 Å². The van der Waals surface area contributed by atoms with Gasteiger partial charge in [0.25, 0.3) is 5.91 Å². The molecule has 1 amide bonds. The Morgan fingerprint density at radius 2 is 1.85 bits per heavy atom. The summed E-state index contributed by atoms with van der Waals surface area (Å²) in [5.74, 6) is 1.38. The van der Waals surface area contributed by atoms with Crippen LogP contribution in [0.5, 0.6) is 0 Å². The highest BCUT2D eigenvalue weighted by Gasteiger charge is 2.19. The summed E-state index contributed by atoms with van der Waals surface area (Å²) in [6, 6.07) is 12.6. The van der Waals surface area contributed by atoms with Crippen molar-refractivity contribution in [3.63, 3.8) is 0 Å². The van der Waals surface area contributed by atoms with E-state index in [4.69, 9.17) is 16.3 Å². The Hall–Kier alpha value is -1.63. The van der Waals surface area contributed by atoms with Gasteiger partial charge in [0, 0.05) is 22.2 Å². The number of thioether (sulfide) groups is 2. The molecule has 1 fully saturated rings. The monoisotopic (exact) mass is 407 g/mol. The van der Waals surface area contributed by atoms with E-state index in [1.54, 1.807) is 24.3 Å². The number of benzene rings is 2. The molecule has 7 heteroatoms. The number of amides is 1. The summed E-state index contributed by atoms with van der Waals surface area (Å²) in [6.07, 6.45) is 0. The first-order valence-corrected chi connectivity index (χ1v) is 10.6. The van der Waals surface area contributed by atoms with Crippen molar-refractivity contribution in [2.75, 3.05) is 23.4 Å². The Labute approximate surface area is 166 Å². The van der Waals surface area contributed by atoms with E-state index < -0.39 is 11.9 Å². The highest BCUT2D eigenvalue weighted by molar-refractivity contribution is 8.19. The predicted molar refractivity (Wildman–Crippen MR) is 109 cm³/mol. The van der Waals surface area contributed by atoms with Gasteiger partial charge in [0.1, 0.15) is 0 Å². The van der Waals surface area contributed by atoms with Gasteiger partial charge < -0.3 is 10.1 Å². The molecule has 1 saturated heterocycles. The van der Waals surface area contributed by atoms with E-state index in [2.05, 4.69) is 5.32 Å².